The van der Waals surface area contributed by atoms with Crippen LogP contribution < -0.4 is 5.32 Å². The Balaban J connectivity index is 1.49. The van der Waals surface area contributed by atoms with Crippen LogP contribution >= 0.6 is 0 Å². The molecule has 2 heterocycles. The molecule has 0 aliphatic carbocycles. The Kier molecular flexibility index (Phi) is 6.41. The van der Waals surface area contributed by atoms with Crippen LogP contribution in [0.25, 0.3) is 5.69 Å². The molecule has 150 valence electrons. The number of amides is 2. The molecule has 1 atom stereocenters. The summed E-state index contributed by atoms with van der Waals surface area (Å²) in [6, 6.07) is 8.35. The average Bonchev–Trinajstić information content (AvgIpc) is 3.22. The fraction of sp³-hybridized carbons (Fsp3) is 0.500. The first kappa shape index (κ1) is 20.0. The molecule has 0 spiro atoms. The second kappa shape index (κ2) is 8.97. The SMILES string of the molecule is CC(=O)N1CCC(NC(=O)CN(C)C(C)c2ccc(-n3cncn3)cc2)CC1. The molecular weight excluding hydrogens is 356 g/mol. The Morgan fingerprint density at radius 1 is 1.25 bits per heavy atom. The Morgan fingerprint density at radius 3 is 2.50 bits per heavy atom. The molecule has 0 bridgehead atoms. The third-order valence-electron chi connectivity index (χ3n) is 5.42. The summed E-state index contributed by atoms with van der Waals surface area (Å²) in [4.78, 5) is 31.6. The molecule has 1 unspecified atom stereocenters. The van der Waals surface area contributed by atoms with Gasteiger partial charge in [0.25, 0.3) is 0 Å². The number of hydrogen-bond acceptors (Lipinski definition) is 5. The lowest BCUT2D eigenvalue weighted by atomic mass is 10.0. The third-order valence-corrected chi connectivity index (χ3v) is 5.42. The molecule has 1 N–H and O–H groups in total. The molecule has 28 heavy (non-hydrogen) atoms. The van der Waals surface area contributed by atoms with Crippen LogP contribution in [0.15, 0.2) is 36.9 Å². The molecule has 1 saturated heterocycles. The summed E-state index contributed by atoms with van der Waals surface area (Å²) in [6.45, 7) is 5.44. The van der Waals surface area contributed by atoms with Gasteiger partial charge in [0, 0.05) is 32.1 Å². The van der Waals surface area contributed by atoms with Crippen LogP contribution in [0.2, 0.25) is 0 Å². The highest BCUT2D eigenvalue weighted by atomic mass is 16.2. The highest BCUT2D eigenvalue weighted by Crippen LogP contribution is 2.20. The van der Waals surface area contributed by atoms with Crippen molar-refractivity contribution < 1.29 is 9.59 Å². The quantitative estimate of drug-likeness (QED) is 0.814. The second-order valence-electron chi connectivity index (χ2n) is 7.37. The number of nitrogens with zero attached hydrogens (tertiary/aromatic N) is 5. The lowest BCUT2D eigenvalue weighted by Gasteiger charge is -2.32. The standard InChI is InChI=1S/C20H28N6O2/c1-15(17-4-6-19(7-5-17)26-14-21-13-22-26)24(3)12-20(28)23-18-8-10-25(11-9-18)16(2)27/h4-7,13-15,18H,8-12H2,1-3H3,(H,23,28). The average molecular weight is 384 g/mol. The zero-order valence-corrected chi connectivity index (χ0v) is 16.7. The van der Waals surface area contributed by atoms with Crippen molar-refractivity contribution in [1.29, 1.82) is 0 Å². The van der Waals surface area contributed by atoms with Gasteiger partial charge >= 0.3 is 0 Å². The van der Waals surface area contributed by atoms with Crippen LogP contribution in [-0.2, 0) is 9.59 Å². The summed E-state index contributed by atoms with van der Waals surface area (Å²) >= 11 is 0. The van der Waals surface area contributed by atoms with Crippen molar-refractivity contribution in [3.63, 3.8) is 0 Å². The largest absolute Gasteiger partial charge is 0.352 e. The van der Waals surface area contributed by atoms with E-state index in [2.05, 4.69) is 22.3 Å². The molecular formula is C20H28N6O2. The van der Waals surface area contributed by atoms with Crippen molar-refractivity contribution >= 4 is 11.8 Å². The van der Waals surface area contributed by atoms with Crippen LogP contribution in [-0.4, -0.2) is 69.1 Å². The van der Waals surface area contributed by atoms with Crippen molar-refractivity contribution in [2.24, 2.45) is 0 Å². The summed E-state index contributed by atoms with van der Waals surface area (Å²) in [7, 11) is 1.95. The predicted octanol–water partition coefficient (Wildman–Crippen LogP) is 1.39. The second-order valence-corrected chi connectivity index (χ2v) is 7.37. The van der Waals surface area contributed by atoms with Gasteiger partial charge in [-0.3, -0.25) is 14.5 Å². The van der Waals surface area contributed by atoms with Gasteiger partial charge in [-0.25, -0.2) is 9.67 Å². The number of likely N-dealkylation sites (tertiary alicyclic amines) is 1. The molecule has 1 aliphatic heterocycles. The first-order chi connectivity index (χ1) is 13.4. The van der Waals surface area contributed by atoms with Gasteiger partial charge in [0.1, 0.15) is 12.7 Å². The highest BCUT2D eigenvalue weighted by Gasteiger charge is 2.23. The lowest BCUT2D eigenvalue weighted by Crippen LogP contribution is -2.48. The van der Waals surface area contributed by atoms with E-state index in [1.54, 1.807) is 17.9 Å². The number of carbonyl (C=O) groups is 2. The van der Waals surface area contributed by atoms with Gasteiger partial charge in [-0.1, -0.05) is 12.1 Å². The van der Waals surface area contributed by atoms with Crippen LogP contribution in [0.3, 0.4) is 0 Å². The minimum Gasteiger partial charge on any atom is -0.352 e. The smallest absolute Gasteiger partial charge is 0.234 e. The summed E-state index contributed by atoms with van der Waals surface area (Å²) in [5, 5.41) is 7.23. The fourth-order valence-electron chi connectivity index (χ4n) is 3.48. The van der Waals surface area contributed by atoms with Gasteiger partial charge < -0.3 is 10.2 Å². The highest BCUT2D eigenvalue weighted by molar-refractivity contribution is 5.78. The van der Waals surface area contributed by atoms with E-state index < -0.39 is 0 Å². The Morgan fingerprint density at radius 2 is 1.93 bits per heavy atom. The molecule has 2 aromatic rings. The van der Waals surface area contributed by atoms with E-state index in [0.717, 1.165) is 24.1 Å². The Labute approximate surface area is 165 Å². The number of likely N-dealkylation sites (N-methyl/N-ethyl adjacent to an activating group) is 1. The van der Waals surface area contributed by atoms with E-state index in [4.69, 9.17) is 0 Å². The zero-order chi connectivity index (χ0) is 20.1. The first-order valence-electron chi connectivity index (χ1n) is 9.64. The van der Waals surface area contributed by atoms with E-state index >= 15 is 0 Å². The van der Waals surface area contributed by atoms with Crippen molar-refractivity contribution in [2.45, 2.75) is 38.8 Å². The summed E-state index contributed by atoms with van der Waals surface area (Å²) < 4.78 is 1.71. The van der Waals surface area contributed by atoms with Gasteiger partial charge in [-0.05, 0) is 44.5 Å². The summed E-state index contributed by atoms with van der Waals surface area (Å²) in [5.74, 6) is 0.128. The van der Waals surface area contributed by atoms with Gasteiger partial charge in [0.05, 0.1) is 12.2 Å². The topological polar surface area (TPSA) is 83.4 Å². The Bertz CT molecular complexity index is 782. The summed E-state index contributed by atoms with van der Waals surface area (Å²) in [5.41, 5.74) is 2.08. The first-order valence-corrected chi connectivity index (χ1v) is 9.64. The van der Waals surface area contributed by atoms with E-state index in [0.29, 0.717) is 19.6 Å². The van der Waals surface area contributed by atoms with Crippen LogP contribution in [0.4, 0.5) is 0 Å². The van der Waals surface area contributed by atoms with Gasteiger partial charge in [-0.2, -0.15) is 5.10 Å². The minimum absolute atomic E-state index is 0.0230. The minimum atomic E-state index is 0.0230. The van der Waals surface area contributed by atoms with Crippen molar-refractivity contribution in [1.82, 2.24) is 29.9 Å². The van der Waals surface area contributed by atoms with Crippen LogP contribution in [0.5, 0.6) is 0 Å². The van der Waals surface area contributed by atoms with E-state index in [-0.39, 0.29) is 23.9 Å². The normalized spacial score (nSPS) is 16.2. The molecule has 2 amide bonds. The molecule has 1 aromatic heterocycles. The molecule has 3 rings (SSSR count). The predicted molar refractivity (Wildman–Crippen MR) is 106 cm³/mol. The van der Waals surface area contributed by atoms with Crippen molar-refractivity contribution in [3.05, 3.63) is 42.5 Å². The number of carbonyl (C=O) groups excluding carboxylic acids is 2. The molecule has 8 nitrogen and oxygen atoms in total. The van der Waals surface area contributed by atoms with Gasteiger partial charge in [-0.15, -0.1) is 0 Å². The van der Waals surface area contributed by atoms with Crippen LogP contribution in [0.1, 0.15) is 38.3 Å². The number of nitrogens with one attached hydrogen (secondary N) is 1. The van der Waals surface area contributed by atoms with Crippen molar-refractivity contribution in [2.75, 3.05) is 26.7 Å². The van der Waals surface area contributed by atoms with Crippen LogP contribution in [0, 0.1) is 0 Å². The number of rotatable bonds is 6. The molecule has 1 aliphatic rings. The van der Waals surface area contributed by atoms with Crippen molar-refractivity contribution in [3.8, 4) is 5.69 Å². The van der Waals surface area contributed by atoms with E-state index in [9.17, 15) is 9.59 Å². The molecule has 0 radical (unpaired) electrons. The zero-order valence-electron chi connectivity index (χ0n) is 16.7. The molecule has 0 saturated carbocycles. The molecule has 8 heteroatoms. The van der Waals surface area contributed by atoms with Gasteiger partial charge in [0.15, 0.2) is 0 Å². The van der Waals surface area contributed by atoms with E-state index in [1.807, 2.05) is 41.1 Å². The third kappa shape index (κ3) is 4.95. The maximum Gasteiger partial charge on any atom is 0.234 e. The number of benzene rings is 1. The monoisotopic (exact) mass is 384 g/mol. The van der Waals surface area contributed by atoms with Gasteiger partial charge in [0.2, 0.25) is 11.8 Å². The van der Waals surface area contributed by atoms with E-state index in [1.165, 1.54) is 6.33 Å². The maximum atomic E-state index is 12.4. The number of hydrogen-bond donors (Lipinski definition) is 1. The molecule has 1 aromatic carbocycles. The number of piperidine rings is 1. The molecule has 1 fully saturated rings. The Hall–Kier alpha value is -2.74. The fourth-order valence-corrected chi connectivity index (χ4v) is 3.48. The number of aromatic nitrogens is 3. The summed E-state index contributed by atoms with van der Waals surface area (Å²) in [6.07, 6.45) is 4.80. The maximum absolute atomic E-state index is 12.4. The lowest BCUT2D eigenvalue weighted by molar-refractivity contribution is -0.130.